The van der Waals surface area contributed by atoms with Crippen LogP contribution in [0.2, 0.25) is 0 Å². The number of anilines is 1. The van der Waals surface area contributed by atoms with Gasteiger partial charge in [-0.05, 0) is 53.3 Å². The number of nitrogens with one attached hydrogen (secondary N) is 1. The third-order valence-corrected chi connectivity index (χ3v) is 7.25. The molecule has 0 aliphatic carbocycles. The normalized spacial score (nSPS) is 12.9. The summed E-state index contributed by atoms with van der Waals surface area (Å²) in [6.07, 6.45) is 1.26. The first-order valence-corrected chi connectivity index (χ1v) is 11.4. The second kappa shape index (κ2) is 7.29. The van der Waals surface area contributed by atoms with E-state index in [1.807, 2.05) is 31.2 Å². The van der Waals surface area contributed by atoms with Crippen LogP contribution in [0.3, 0.4) is 0 Å². The molecule has 0 saturated heterocycles. The van der Waals surface area contributed by atoms with Crippen molar-refractivity contribution in [1.29, 1.82) is 0 Å². The minimum absolute atomic E-state index is 0.0296. The molecule has 0 radical (unpaired) electrons. The van der Waals surface area contributed by atoms with E-state index < -0.39 is 15.8 Å². The minimum Gasteiger partial charge on any atom is -0.408 e. The highest BCUT2D eigenvalue weighted by atomic mass is 127. The summed E-state index contributed by atoms with van der Waals surface area (Å²) in [4.78, 5) is 16.3. The fourth-order valence-corrected chi connectivity index (χ4v) is 5.41. The smallest absolute Gasteiger partial charge is 0.408 e. The fraction of sp³-hybridized carbons (Fsp3) is 0.118. The standard InChI is InChI=1S/C17H13IN4O4S2/c1-10(12-4-2-3-5-13(12)18)22-14-7-6-11(8-15(14)26-17(22)23)28(24,25)21-16-19-9-20-27-16/h2-10H,1H3,(H,19,20,21). The highest BCUT2D eigenvalue weighted by molar-refractivity contribution is 14.1. The van der Waals surface area contributed by atoms with Crippen molar-refractivity contribution in [3.8, 4) is 0 Å². The Morgan fingerprint density at radius 3 is 2.75 bits per heavy atom. The average molecular weight is 528 g/mol. The largest absolute Gasteiger partial charge is 0.420 e. The predicted octanol–water partition coefficient (Wildman–Crippen LogP) is 3.46. The first-order valence-electron chi connectivity index (χ1n) is 8.06. The Morgan fingerprint density at radius 1 is 1.25 bits per heavy atom. The number of rotatable bonds is 5. The summed E-state index contributed by atoms with van der Waals surface area (Å²) in [5.74, 6) is -0.547. The Balaban J connectivity index is 1.77. The summed E-state index contributed by atoms with van der Waals surface area (Å²) in [6, 6.07) is 11.8. The van der Waals surface area contributed by atoms with Gasteiger partial charge in [0.1, 0.15) is 6.33 Å². The van der Waals surface area contributed by atoms with E-state index in [0.717, 1.165) is 20.7 Å². The number of halogens is 1. The molecule has 0 fully saturated rings. The molecule has 0 aliphatic rings. The molecule has 0 spiro atoms. The molecule has 0 amide bonds. The lowest BCUT2D eigenvalue weighted by atomic mass is 10.1. The highest BCUT2D eigenvalue weighted by Crippen LogP contribution is 2.27. The highest BCUT2D eigenvalue weighted by Gasteiger charge is 2.22. The Morgan fingerprint density at radius 2 is 2.04 bits per heavy atom. The van der Waals surface area contributed by atoms with Crippen LogP contribution in [-0.2, 0) is 10.0 Å². The van der Waals surface area contributed by atoms with Crippen molar-refractivity contribution in [1.82, 2.24) is 13.9 Å². The van der Waals surface area contributed by atoms with Crippen molar-refractivity contribution in [2.75, 3.05) is 4.72 Å². The van der Waals surface area contributed by atoms with Crippen LogP contribution in [0, 0.1) is 3.57 Å². The maximum absolute atomic E-state index is 12.5. The molecular formula is C17H13IN4O4S2. The second-order valence-corrected chi connectivity index (χ2v) is 9.54. The number of oxazole rings is 1. The van der Waals surface area contributed by atoms with Crippen LogP contribution in [0.15, 0.2) is 62.9 Å². The van der Waals surface area contributed by atoms with Gasteiger partial charge in [-0.1, -0.05) is 18.2 Å². The van der Waals surface area contributed by atoms with Crippen molar-refractivity contribution < 1.29 is 12.8 Å². The molecule has 0 saturated carbocycles. The van der Waals surface area contributed by atoms with E-state index in [4.69, 9.17) is 4.42 Å². The molecule has 1 N–H and O–H groups in total. The van der Waals surface area contributed by atoms with Crippen molar-refractivity contribution in [2.24, 2.45) is 0 Å². The lowest BCUT2D eigenvalue weighted by Crippen LogP contribution is -2.20. The van der Waals surface area contributed by atoms with Gasteiger partial charge in [-0.2, -0.15) is 4.37 Å². The molecule has 2 aromatic heterocycles. The van der Waals surface area contributed by atoms with Crippen molar-refractivity contribution in [2.45, 2.75) is 17.9 Å². The topological polar surface area (TPSA) is 107 Å². The van der Waals surface area contributed by atoms with E-state index in [2.05, 4.69) is 36.7 Å². The zero-order valence-electron chi connectivity index (χ0n) is 14.4. The monoisotopic (exact) mass is 528 g/mol. The van der Waals surface area contributed by atoms with Crippen LogP contribution in [-0.4, -0.2) is 22.3 Å². The van der Waals surface area contributed by atoms with Gasteiger partial charge in [-0.3, -0.25) is 9.29 Å². The zero-order valence-corrected chi connectivity index (χ0v) is 18.2. The average Bonchev–Trinajstić information content (AvgIpc) is 3.27. The molecule has 28 heavy (non-hydrogen) atoms. The van der Waals surface area contributed by atoms with Gasteiger partial charge in [0.05, 0.1) is 16.5 Å². The Hall–Kier alpha value is -2.25. The molecule has 144 valence electrons. The number of fused-ring (bicyclic) bond motifs is 1. The number of nitrogens with zero attached hydrogens (tertiary/aromatic N) is 3. The first-order chi connectivity index (χ1) is 13.4. The van der Waals surface area contributed by atoms with E-state index in [0.29, 0.717) is 5.52 Å². The van der Waals surface area contributed by atoms with Gasteiger partial charge in [0.25, 0.3) is 10.0 Å². The van der Waals surface area contributed by atoms with E-state index >= 15 is 0 Å². The number of benzene rings is 2. The molecule has 2 heterocycles. The first kappa shape index (κ1) is 19.1. The van der Waals surface area contributed by atoms with Gasteiger partial charge in [0, 0.05) is 21.2 Å². The van der Waals surface area contributed by atoms with E-state index in [1.165, 1.54) is 23.0 Å². The van der Waals surface area contributed by atoms with Crippen LogP contribution in [0.1, 0.15) is 18.5 Å². The quantitative estimate of drug-likeness (QED) is 0.398. The lowest BCUT2D eigenvalue weighted by Gasteiger charge is -2.15. The molecule has 0 aliphatic heterocycles. The van der Waals surface area contributed by atoms with Crippen LogP contribution in [0.4, 0.5) is 5.13 Å². The van der Waals surface area contributed by atoms with Gasteiger partial charge in [0.15, 0.2) is 5.58 Å². The summed E-state index contributed by atoms with van der Waals surface area (Å²) < 4.78 is 39.1. The number of sulfonamides is 1. The lowest BCUT2D eigenvalue weighted by molar-refractivity contribution is 0.489. The van der Waals surface area contributed by atoms with Gasteiger partial charge in [0.2, 0.25) is 5.13 Å². The number of hydrogen-bond donors (Lipinski definition) is 1. The summed E-state index contributed by atoms with van der Waals surface area (Å²) in [7, 11) is -3.87. The molecular weight excluding hydrogens is 515 g/mol. The second-order valence-electron chi connectivity index (χ2n) is 5.92. The fourth-order valence-electron chi connectivity index (χ4n) is 2.90. The van der Waals surface area contributed by atoms with Crippen LogP contribution >= 0.6 is 34.1 Å². The van der Waals surface area contributed by atoms with E-state index in [9.17, 15) is 13.2 Å². The Labute approximate surface area is 177 Å². The Kier molecular flexibility index (Phi) is 4.97. The maximum atomic E-state index is 12.5. The van der Waals surface area contributed by atoms with Gasteiger partial charge >= 0.3 is 5.76 Å². The van der Waals surface area contributed by atoms with E-state index in [-0.39, 0.29) is 21.7 Å². The van der Waals surface area contributed by atoms with Gasteiger partial charge < -0.3 is 4.42 Å². The van der Waals surface area contributed by atoms with Crippen molar-refractivity contribution in [3.05, 3.63) is 68.5 Å². The molecule has 1 atom stereocenters. The molecule has 2 aromatic carbocycles. The van der Waals surface area contributed by atoms with E-state index in [1.54, 1.807) is 6.07 Å². The molecule has 4 aromatic rings. The van der Waals surface area contributed by atoms with Crippen LogP contribution in [0.5, 0.6) is 0 Å². The molecule has 8 nitrogen and oxygen atoms in total. The van der Waals surface area contributed by atoms with Gasteiger partial charge in [-0.15, -0.1) is 0 Å². The van der Waals surface area contributed by atoms with Crippen LogP contribution in [0.25, 0.3) is 11.1 Å². The maximum Gasteiger partial charge on any atom is 0.420 e. The molecule has 4 rings (SSSR count). The third-order valence-electron chi connectivity index (χ3n) is 4.22. The molecule has 11 heteroatoms. The molecule has 1 unspecified atom stereocenters. The summed E-state index contributed by atoms with van der Waals surface area (Å²) >= 11 is 3.15. The molecule has 0 bridgehead atoms. The Bertz CT molecular complexity index is 1310. The van der Waals surface area contributed by atoms with Crippen LogP contribution < -0.4 is 10.5 Å². The number of aromatic nitrogens is 3. The summed E-state index contributed by atoms with van der Waals surface area (Å²) in [5.41, 5.74) is 1.69. The zero-order chi connectivity index (χ0) is 19.9. The van der Waals surface area contributed by atoms with Crippen molar-refractivity contribution >= 4 is 60.4 Å². The summed E-state index contributed by atoms with van der Waals surface area (Å²) in [6.45, 7) is 1.90. The SMILES string of the molecule is CC(c1ccccc1I)n1c(=O)oc2cc(S(=O)(=O)Nc3ncns3)ccc21. The van der Waals surface area contributed by atoms with Gasteiger partial charge in [-0.25, -0.2) is 18.2 Å². The number of hydrogen-bond acceptors (Lipinski definition) is 7. The van der Waals surface area contributed by atoms with Crippen molar-refractivity contribution in [3.63, 3.8) is 0 Å². The summed E-state index contributed by atoms with van der Waals surface area (Å²) in [5, 5.41) is 0.159. The minimum atomic E-state index is -3.87. The predicted molar refractivity (Wildman–Crippen MR) is 114 cm³/mol. The third kappa shape index (κ3) is 3.44.